The lowest BCUT2D eigenvalue weighted by atomic mass is 10.3. The molecule has 17 heavy (non-hydrogen) atoms. The van der Waals surface area contributed by atoms with Crippen LogP contribution in [0, 0.1) is 0 Å². The van der Waals surface area contributed by atoms with Crippen molar-refractivity contribution >= 4 is 33.6 Å². The van der Waals surface area contributed by atoms with Gasteiger partial charge in [0.1, 0.15) is 6.61 Å². The fourth-order valence-electron chi connectivity index (χ4n) is 1.31. The van der Waals surface area contributed by atoms with Crippen molar-refractivity contribution in [3.8, 4) is 0 Å². The Hall–Kier alpha value is -1.82. The SMILES string of the molecule is O=C(NC1=CC(=O)OC1)Nc1ccccc1Br. The molecule has 0 aliphatic carbocycles. The minimum Gasteiger partial charge on any atom is -0.456 e. The Bertz CT molecular complexity index is 499. The van der Waals surface area contributed by atoms with Gasteiger partial charge < -0.3 is 15.4 Å². The largest absolute Gasteiger partial charge is 0.456 e. The standard InChI is InChI=1S/C11H9BrN2O3/c12-8-3-1-2-4-9(8)14-11(16)13-7-5-10(15)17-6-7/h1-5H,6H2,(H2,13,14,16). The second-order valence-corrected chi connectivity index (χ2v) is 4.19. The summed E-state index contributed by atoms with van der Waals surface area (Å²) in [4.78, 5) is 22.3. The Kier molecular flexibility index (Phi) is 3.43. The van der Waals surface area contributed by atoms with Crippen molar-refractivity contribution in [2.45, 2.75) is 0 Å². The number of rotatable bonds is 2. The number of hydrogen-bond acceptors (Lipinski definition) is 3. The van der Waals surface area contributed by atoms with E-state index >= 15 is 0 Å². The molecule has 0 bridgehead atoms. The predicted octanol–water partition coefficient (Wildman–Crippen LogP) is 2.01. The zero-order chi connectivity index (χ0) is 12.3. The van der Waals surface area contributed by atoms with E-state index in [2.05, 4.69) is 31.3 Å². The zero-order valence-corrected chi connectivity index (χ0v) is 10.3. The molecular weight excluding hydrogens is 288 g/mol. The van der Waals surface area contributed by atoms with Crippen LogP contribution in [0.4, 0.5) is 10.5 Å². The molecule has 0 fully saturated rings. The third-order valence-corrected chi connectivity index (χ3v) is 2.75. The smallest absolute Gasteiger partial charge is 0.333 e. The first-order chi connectivity index (χ1) is 8.15. The number of nitrogens with one attached hydrogen (secondary N) is 2. The van der Waals surface area contributed by atoms with Gasteiger partial charge in [0.2, 0.25) is 0 Å². The Morgan fingerprint density at radius 3 is 2.71 bits per heavy atom. The van der Waals surface area contributed by atoms with Crippen LogP contribution in [-0.4, -0.2) is 18.6 Å². The summed E-state index contributed by atoms with van der Waals surface area (Å²) in [7, 11) is 0. The van der Waals surface area contributed by atoms with E-state index in [9.17, 15) is 9.59 Å². The van der Waals surface area contributed by atoms with Gasteiger partial charge >= 0.3 is 12.0 Å². The van der Waals surface area contributed by atoms with Gasteiger partial charge in [-0.2, -0.15) is 0 Å². The van der Waals surface area contributed by atoms with Crippen LogP contribution in [0.5, 0.6) is 0 Å². The van der Waals surface area contributed by atoms with Crippen LogP contribution in [0.25, 0.3) is 0 Å². The molecule has 0 atom stereocenters. The van der Waals surface area contributed by atoms with Crippen molar-refractivity contribution in [2.24, 2.45) is 0 Å². The van der Waals surface area contributed by atoms with E-state index in [0.29, 0.717) is 11.4 Å². The molecule has 0 saturated carbocycles. The van der Waals surface area contributed by atoms with Gasteiger partial charge in [0.25, 0.3) is 0 Å². The number of ether oxygens (including phenoxy) is 1. The number of cyclic esters (lactones) is 1. The summed E-state index contributed by atoms with van der Waals surface area (Å²) in [6.07, 6.45) is 1.25. The van der Waals surface area contributed by atoms with Crippen molar-refractivity contribution < 1.29 is 14.3 Å². The summed E-state index contributed by atoms with van der Waals surface area (Å²) in [5.41, 5.74) is 1.09. The molecule has 2 amide bonds. The molecule has 1 aromatic carbocycles. The molecule has 0 unspecified atom stereocenters. The van der Waals surface area contributed by atoms with E-state index in [1.54, 1.807) is 6.07 Å². The van der Waals surface area contributed by atoms with Gasteiger partial charge in [0.15, 0.2) is 0 Å². The number of anilines is 1. The number of esters is 1. The summed E-state index contributed by atoms with van der Waals surface area (Å²) in [6, 6.07) is 6.81. The first-order valence-corrected chi connectivity index (χ1v) is 5.64. The minimum atomic E-state index is -0.443. The second kappa shape index (κ2) is 5.01. The van der Waals surface area contributed by atoms with E-state index < -0.39 is 12.0 Å². The van der Waals surface area contributed by atoms with E-state index in [1.165, 1.54) is 6.08 Å². The van der Waals surface area contributed by atoms with Crippen molar-refractivity contribution in [1.82, 2.24) is 5.32 Å². The molecule has 0 spiro atoms. The molecule has 0 aromatic heterocycles. The van der Waals surface area contributed by atoms with Crippen molar-refractivity contribution in [1.29, 1.82) is 0 Å². The first kappa shape index (κ1) is 11.7. The number of carbonyl (C=O) groups excluding carboxylic acids is 2. The molecule has 6 heteroatoms. The van der Waals surface area contributed by atoms with Gasteiger partial charge in [-0.15, -0.1) is 0 Å². The Morgan fingerprint density at radius 1 is 1.29 bits per heavy atom. The number of hydrogen-bond donors (Lipinski definition) is 2. The normalized spacial score (nSPS) is 13.9. The number of urea groups is 1. The van der Waals surface area contributed by atoms with Crippen LogP contribution in [0.15, 0.2) is 40.5 Å². The lowest BCUT2D eigenvalue weighted by Crippen LogP contribution is -2.28. The van der Waals surface area contributed by atoms with E-state index in [1.807, 2.05) is 18.2 Å². The van der Waals surface area contributed by atoms with Crippen molar-refractivity contribution in [2.75, 3.05) is 11.9 Å². The maximum Gasteiger partial charge on any atom is 0.333 e. The number of benzene rings is 1. The third kappa shape index (κ3) is 3.07. The summed E-state index contributed by atoms with van der Waals surface area (Å²) in [5, 5.41) is 5.18. The van der Waals surface area contributed by atoms with E-state index in [0.717, 1.165) is 4.47 Å². The maximum atomic E-state index is 11.6. The summed E-state index contributed by atoms with van der Waals surface area (Å²) in [5.74, 6) is -0.443. The zero-order valence-electron chi connectivity index (χ0n) is 8.70. The highest BCUT2D eigenvalue weighted by molar-refractivity contribution is 9.10. The summed E-state index contributed by atoms with van der Waals surface area (Å²) in [6.45, 7) is 0.0994. The summed E-state index contributed by atoms with van der Waals surface area (Å²) < 4.78 is 5.44. The van der Waals surface area contributed by atoms with Gasteiger partial charge in [0.05, 0.1) is 11.4 Å². The molecule has 1 aliphatic heterocycles. The average Bonchev–Trinajstić information content (AvgIpc) is 2.67. The number of para-hydroxylation sites is 1. The van der Waals surface area contributed by atoms with Crippen LogP contribution in [-0.2, 0) is 9.53 Å². The Labute approximate surface area is 106 Å². The predicted molar refractivity (Wildman–Crippen MR) is 65.3 cm³/mol. The summed E-state index contributed by atoms with van der Waals surface area (Å²) >= 11 is 3.31. The second-order valence-electron chi connectivity index (χ2n) is 3.34. The van der Waals surface area contributed by atoms with E-state index in [4.69, 9.17) is 0 Å². The van der Waals surface area contributed by atoms with Crippen LogP contribution in [0.1, 0.15) is 0 Å². The molecule has 0 radical (unpaired) electrons. The highest BCUT2D eigenvalue weighted by Crippen LogP contribution is 2.20. The maximum absolute atomic E-state index is 11.6. The molecular formula is C11H9BrN2O3. The van der Waals surface area contributed by atoms with Gasteiger partial charge in [-0.05, 0) is 28.1 Å². The number of carbonyl (C=O) groups is 2. The fraction of sp³-hybridized carbons (Fsp3) is 0.0909. The van der Waals surface area contributed by atoms with Crippen molar-refractivity contribution in [3.63, 3.8) is 0 Å². The fourth-order valence-corrected chi connectivity index (χ4v) is 1.69. The molecule has 5 nitrogen and oxygen atoms in total. The van der Waals surface area contributed by atoms with Crippen LogP contribution in [0.3, 0.4) is 0 Å². The van der Waals surface area contributed by atoms with Gasteiger partial charge in [-0.3, -0.25) is 0 Å². The van der Waals surface area contributed by atoms with Crippen LogP contribution < -0.4 is 10.6 Å². The molecule has 1 aromatic rings. The van der Waals surface area contributed by atoms with Gasteiger partial charge in [-0.1, -0.05) is 12.1 Å². The highest BCUT2D eigenvalue weighted by Gasteiger charge is 2.15. The van der Waals surface area contributed by atoms with Crippen molar-refractivity contribution in [3.05, 3.63) is 40.5 Å². The lowest BCUT2D eigenvalue weighted by molar-refractivity contribution is -0.134. The molecule has 1 aliphatic rings. The van der Waals surface area contributed by atoms with Crippen LogP contribution in [0.2, 0.25) is 0 Å². The Balaban J connectivity index is 1.96. The topological polar surface area (TPSA) is 67.4 Å². The minimum absolute atomic E-state index is 0.0994. The average molecular weight is 297 g/mol. The molecule has 1 heterocycles. The first-order valence-electron chi connectivity index (χ1n) is 4.85. The molecule has 0 saturated heterocycles. The molecule has 2 N–H and O–H groups in total. The Morgan fingerprint density at radius 2 is 2.06 bits per heavy atom. The van der Waals surface area contributed by atoms with E-state index in [-0.39, 0.29) is 6.61 Å². The lowest BCUT2D eigenvalue weighted by Gasteiger charge is -2.08. The quantitative estimate of drug-likeness (QED) is 0.821. The monoisotopic (exact) mass is 296 g/mol. The number of amides is 2. The molecule has 88 valence electrons. The molecule has 2 rings (SSSR count). The van der Waals surface area contributed by atoms with Crippen LogP contribution >= 0.6 is 15.9 Å². The van der Waals surface area contributed by atoms with Gasteiger partial charge in [-0.25, -0.2) is 9.59 Å². The van der Waals surface area contributed by atoms with Gasteiger partial charge in [0, 0.05) is 10.5 Å². The number of halogens is 1. The highest BCUT2D eigenvalue weighted by atomic mass is 79.9. The third-order valence-electron chi connectivity index (χ3n) is 2.06.